The Morgan fingerprint density at radius 2 is 2.00 bits per heavy atom. The van der Waals surface area contributed by atoms with Crippen LogP contribution in [0, 0.1) is 0 Å². The average Bonchev–Trinajstić information content (AvgIpc) is 2.58. The van der Waals surface area contributed by atoms with Crippen LogP contribution in [0.25, 0.3) is 0 Å². The van der Waals surface area contributed by atoms with Gasteiger partial charge in [-0.1, -0.05) is 0 Å². The topological polar surface area (TPSA) is 157 Å². The second kappa shape index (κ2) is 5.58. The lowest BCUT2D eigenvalue weighted by molar-refractivity contribution is 0.0661. The molecule has 0 saturated carbocycles. The molecule has 0 saturated heterocycles. The number of rotatable bonds is 6. The Bertz CT molecular complexity index is 691. The maximum Gasteiger partial charge on any atom is 0.371 e. The van der Waals surface area contributed by atoms with Gasteiger partial charge in [-0.15, -0.1) is 0 Å². The first kappa shape index (κ1) is 16.1. The summed E-state index contributed by atoms with van der Waals surface area (Å²) in [6.07, 6.45) is 0. The molecule has 19 heavy (non-hydrogen) atoms. The van der Waals surface area contributed by atoms with E-state index in [-0.39, 0.29) is 4.67 Å². The number of hydrogen-bond acceptors (Lipinski definition) is 6. The van der Waals surface area contributed by atoms with Gasteiger partial charge in [0.2, 0.25) is 25.8 Å². The summed E-state index contributed by atoms with van der Waals surface area (Å²) in [5.74, 6) is -2.60. The van der Waals surface area contributed by atoms with Crippen LogP contribution in [0.5, 0.6) is 0 Å². The zero-order chi connectivity index (χ0) is 14.8. The van der Waals surface area contributed by atoms with Crippen LogP contribution in [0.1, 0.15) is 10.6 Å². The highest BCUT2D eigenvalue weighted by Crippen LogP contribution is 2.25. The van der Waals surface area contributed by atoms with Gasteiger partial charge < -0.3 is 9.52 Å². The summed E-state index contributed by atoms with van der Waals surface area (Å²) in [7, 11) is -7.90. The van der Waals surface area contributed by atoms with E-state index in [4.69, 9.17) is 10.2 Å². The fourth-order valence-electron chi connectivity index (χ4n) is 1.04. The van der Waals surface area contributed by atoms with Crippen molar-refractivity contribution in [2.24, 2.45) is 5.14 Å². The van der Waals surface area contributed by atoms with Crippen molar-refractivity contribution < 1.29 is 31.2 Å². The molecule has 108 valence electrons. The lowest BCUT2D eigenvalue weighted by Crippen LogP contribution is -2.31. The molecule has 0 fully saturated rings. The molecule has 0 amide bonds. The minimum atomic E-state index is -4.10. The van der Waals surface area contributed by atoms with Crippen molar-refractivity contribution in [1.29, 1.82) is 0 Å². The number of halogens is 1. The third-order valence-corrected chi connectivity index (χ3v) is 4.93. The Kier molecular flexibility index (Phi) is 4.73. The van der Waals surface area contributed by atoms with E-state index in [9.17, 15) is 21.6 Å². The molecule has 1 aromatic rings. The van der Waals surface area contributed by atoms with Crippen LogP contribution >= 0.6 is 15.9 Å². The first-order valence-corrected chi connectivity index (χ1v) is 8.55. The molecule has 0 radical (unpaired) electrons. The van der Waals surface area contributed by atoms with Crippen LogP contribution in [0.4, 0.5) is 0 Å². The van der Waals surface area contributed by atoms with Gasteiger partial charge in [0.1, 0.15) is 4.90 Å². The monoisotopic (exact) mass is 376 g/mol. The van der Waals surface area contributed by atoms with Crippen molar-refractivity contribution in [2.45, 2.75) is 4.90 Å². The van der Waals surface area contributed by atoms with E-state index >= 15 is 0 Å². The fourth-order valence-corrected chi connectivity index (χ4v) is 3.52. The van der Waals surface area contributed by atoms with E-state index in [0.717, 1.165) is 6.07 Å². The molecule has 0 aliphatic rings. The van der Waals surface area contributed by atoms with Crippen molar-refractivity contribution >= 4 is 41.9 Å². The van der Waals surface area contributed by atoms with E-state index in [2.05, 4.69) is 20.3 Å². The van der Waals surface area contributed by atoms with Crippen LogP contribution in [0.2, 0.25) is 0 Å². The molecule has 0 aromatic carbocycles. The summed E-state index contributed by atoms with van der Waals surface area (Å²) in [4.78, 5) is 10.2. The van der Waals surface area contributed by atoms with Crippen molar-refractivity contribution in [3.8, 4) is 0 Å². The van der Waals surface area contributed by atoms with Crippen molar-refractivity contribution in [3.63, 3.8) is 0 Å². The minimum Gasteiger partial charge on any atom is -0.475 e. The van der Waals surface area contributed by atoms with E-state index in [1.165, 1.54) is 0 Å². The highest BCUT2D eigenvalue weighted by atomic mass is 79.9. The molecule has 1 rings (SSSR count). The number of aromatic carboxylic acids is 1. The van der Waals surface area contributed by atoms with E-state index in [1.54, 1.807) is 0 Å². The van der Waals surface area contributed by atoms with Gasteiger partial charge in [-0.3, -0.25) is 0 Å². The first-order chi connectivity index (χ1) is 8.53. The Morgan fingerprint density at radius 1 is 1.42 bits per heavy atom. The Morgan fingerprint density at radius 3 is 2.42 bits per heavy atom. The third kappa shape index (κ3) is 4.58. The number of nitrogens with one attached hydrogen (secondary N) is 1. The molecule has 9 nitrogen and oxygen atoms in total. The van der Waals surface area contributed by atoms with Gasteiger partial charge in [-0.2, -0.15) is 0 Å². The second-order valence-electron chi connectivity index (χ2n) is 3.32. The lowest BCUT2D eigenvalue weighted by Gasteiger charge is -2.03. The van der Waals surface area contributed by atoms with Crippen molar-refractivity contribution in [2.75, 3.05) is 12.3 Å². The third-order valence-electron chi connectivity index (χ3n) is 1.83. The summed E-state index contributed by atoms with van der Waals surface area (Å²) >= 11 is 2.76. The van der Waals surface area contributed by atoms with E-state index in [0.29, 0.717) is 0 Å². The minimum absolute atomic E-state index is 0.298. The Labute approximate surface area is 117 Å². The van der Waals surface area contributed by atoms with E-state index < -0.39 is 49.0 Å². The zero-order valence-corrected chi connectivity index (χ0v) is 12.4. The summed E-state index contributed by atoms with van der Waals surface area (Å²) in [6.45, 7) is -0.443. The molecule has 1 aromatic heterocycles. The normalized spacial score (nSPS) is 12.5. The van der Waals surface area contributed by atoms with Gasteiger partial charge in [0.05, 0.1) is 5.75 Å². The maximum absolute atomic E-state index is 11.7. The predicted molar refractivity (Wildman–Crippen MR) is 66.5 cm³/mol. The standard InChI is InChI=1S/C7H9BrN2O7S2/c8-6-5(3-4(17-6)7(11)12)19(15,16)10-1-2-18(9,13)14/h3,10H,1-2H2,(H,11,12)(H2,9,13,14). The van der Waals surface area contributed by atoms with Crippen LogP contribution in [-0.4, -0.2) is 40.2 Å². The number of carbonyl (C=O) groups is 1. The predicted octanol–water partition coefficient (Wildman–Crippen LogP) is -0.693. The highest BCUT2D eigenvalue weighted by molar-refractivity contribution is 9.10. The van der Waals surface area contributed by atoms with Crippen LogP contribution in [-0.2, 0) is 20.0 Å². The number of primary sulfonamides is 1. The van der Waals surface area contributed by atoms with Crippen LogP contribution in [0.15, 0.2) is 20.0 Å². The number of nitrogens with two attached hydrogens (primary N) is 1. The van der Waals surface area contributed by atoms with Gasteiger partial charge in [-0.05, 0) is 15.9 Å². The van der Waals surface area contributed by atoms with Gasteiger partial charge >= 0.3 is 5.97 Å². The van der Waals surface area contributed by atoms with Gasteiger partial charge in [-0.25, -0.2) is 31.5 Å². The quantitative estimate of drug-likeness (QED) is 0.592. The molecular weight excluding hydrogens is 368 g/mol. The summed E-state index contributed by atoms with van der Waals surface area (Å²) in [5.41, 5.74) is 0. The average molecular weight is 377 g/mol. The largest absolute Gasteiger partial charge is 0.475 e. The summed E-state index contributed by atoms with van der Waals surface area (Å²) in [5, 5.41) is 13.4. The molecule has 12 heteroatoms. The molecule has 0 unspecified atom stereocenters. The number of carboxylic acid groups (broad SMARTS) is 1. The van der Waals surface area contributed by atoms with Crippen molar-refractivity contribution in [1.82, 2.24) is 4.72 Å². The maximum atomic E-state index is 11.7. The Hall–Kier alpha value is -0.950. The van der Waals surface area contributed by atoms with Crippen LogP contribution < -0.4 is 9.86 Å². The second-order valence-corrected chi connectivity index (χ2v) is 7.51. The summed E-state index contributed by atoms with van der Waals surface area (Å²) in [6, 6.07) is 0.797. The van der Waals surface area contributed by atoms with Gasteiger partial charge in [0.25, 0.3) is 0 Å². The molecule has 0 aliphatic heterocycles. The summed E-state index contributed by atoms with van der Waals surface area (Å²) < 4.78 is 51.1. The van der Waals surface area contributed by atoms with E-state index in [1.807, 2.05) is 4.72 Å². The Balaban J connectivity index is 2.92. The fraction of sp³-hybridized carbons (Fsp3) is 0.286. The highest BCUT2D eigenvalue weighted by Gasteiger charge is 2.24. The number of furan rings is 1. The molecule has 0 aliphatic carbocycles. The number of hydrogen-bond donors (Lipinski definition) is 3. The lowest BCUT2D eigenvalue weighted by atomic mass is 10.5. The molecule has 0 spiro atoms. The number of carboxylic acids is 1. The SMILES string of the molecule is NS(=O)(=O)CCNS(=O)(=O)c1cc(C(=O)O)oc1Br. The molecule has 0 bridgehead atoms. The number of sulfonamides is 2. The van der Waals surface area contributed by atoms with Crippen molar-refractivity contribution in [3.05, 3.63) is 16.5 Å². The zero-order valence-electron chi connectivity index (χ0n) is 9.16. The molecule has 0 atom stereocenters. The first-order valence-electron chi connectivity index (χ1n) is 4.56. The molecular formula is C7H9BrN2O7S2. The molecule has 1 heterocycles. The smallest absolute Gasteiger partial charge is 0.371 e. The van der Waals surface area contributed by atoms with Gasteiger partial charge in [0.15, 0.2) is 4.67 Å². The van der Waals surface area contributed by atoms with Crippen LogP contribution in [0.3, 0.4) is 0 Å². The van der Waals surface area contributed by atoms with Gasteiger partial charge in [0, 0.05) is 12.6 Å². The molecule has 4 N–H and O–H groups in total.